The number of rotatable bonds is 16. The Morgan fingerprint density at radius 1 is 0.826 bits per heavy atom. The maximum atomic E-state index is 11.4. The third-order valence-electron chi connectivity index (χ3n) is 4.16. The molecule has 2 heteroatoms. The highest BCUT2D eigenvalue weighted by Crippen LogP contribution is 2.12. The summed E-state index contributed by atoms with van der Waals surface area (Å²) in [5.41, 5.74) is 0. The predicted octanol–water partition coefficient (Wildman–Crippen LogP) is 6.98. The molecule has 0 aromatic heterocycles. The minimum absolute atomic E-state index is 0.0382. The largest absolute Gasteiger partial charge is 0.463 e. The molecule has 2 nitrogen and oxygen atoms in total. The van der Waals surface area contributed by atoms with E-state index in [0.29, 0.717) is 6.42 Å². The Labute approximate surface area is 145 Å². The summed E-state index contributed by atoms with van der Waals surface area (Å²) in [4.78, 5) is 11.4. The second-order valence-corrected chi connectivity index (χ2v) is 6.72. The fraction of sp³-hybridized carbons (Fsp3) is 0.857. The van der Waals surface area contributed by atoms with Crippen molar-refractivity contribution in [2.45, 2.75) is 117 Å². The highest BCUT2D eigenvalue weighted by Gasteiger charge is 2.07. The van der Waals surface area contributed by atoms with Crippen LogP contribution in [-0.4, -0.2) is 12.1 Å². The lowest BCUT2D eigenvalue weighted by atomic mass is 10.1. The second kappa shape index (κ2) is 17.6. The van der Waals surface area contributed by atoms with Crippen LogP contribution in [0.4, 0.5) is 0 Å². The van der Waals surface area contributed by atoms with Crippen molar-refractivity contribution in [1.82, 2.24) is 0 Å². The fourth-order valence-corrected chi connectivity index (χ4v) is 2.68. The van der Waals surface area contributed by atoms with E-state index in [9.17, 15) is 4.79 Å². The first-order chi connectivity index (χ1) is 11.2. The van der Waals surface area contributed by atoms with Crippen LogP contribution in [0.1, 0.15) is 111 Å². The molecule has 0 spiro atoms. The van der Waals surface area contributed by atoms with Gasteiger partial charge >= 0.3 is 5.97 Å². The van der Waals surface area contributed by atoms with Gasteiger partial charge in [-0.2, -0.15) is 0 Å². The summed E-state index contributed by atoms with van der Waals surface area (Å²) < 4.78 is 5.35. The number of hydrogen-bond donors (Lipinski definition) is 0. The van der Waals surface area contributed by atoms with Crippen molar-refractivity contribution in [3.63, 3.8) is 0 Å². The molecule has 0 unspecified atom stereocenters. The third kappa shape index (κ3) is 17.4. The van der Waals surface area contributed by atoms with E-state index in [2.05, 4.69) is 19.1 Å². The molecular weight excluding hydrogens is 284 g/mol. The molecule has 0 aromatic carbocycles. The Balaban J connectivity index is 3.24. The van der Waals surface area contributed by atoms with E-state index in [1.807, 2.05) is 13.8 Å². The molecule has 23 heavy (non-hydrogen) atoms. The van der Waals surface area contributed by atoms with E-state index >= 15 is 0 Å². The molecule has 0 fully saturated rings. The van der Waals surface area contributed by atoms with Crippen LogP contribution in [0.15, 0.2) is 12.2 Å². The van der Waals surface area contributed by atoms with Gasteiger partial charge in [-0.15, -0.1) is 0 Å². The topological polar surface area (TPSA) is 26.3 Å². The summed E-state index contributed by atoms with van der Waals surface area (Å²) in [6.45, 7) is 6.27. The van der Waals surface area contributed by atoms with E-state index in [0.717, 1.165) is 12.8 Å². The highest BCUT2D eigenvalue weighted by atomic mass is 16.5. The van der Waals surface area contributed by atoms with Crippen LogP contribution in [0.5, 0.6) is 0 Å². The molecule has 0 aliphatic heterocycles. The SMILES string of the molecule is CCCC/C=C\CCCCCCCCC[C@H](C)OC(=O)CCC. The smallest absolute Gasteiger partial charge is 0.306 e. The zero-order valence-corrected chi connectivity index (χ0v) is 15.9. The lowest BCUT2D eigenvalue weighted by Crippen LogP contribution is -2.14. The molecule has 0 saturated heterocycles. The zero-order chi connectivity index (χ0) is 17.2. The minimum Gasteiger partial charge on any atom is -0.463 e. The second-order valence-electron chi connectivity index (χ2n) is 6.72. The van der Waals surface area contributed by atoms with Crippen LogP contribution < -0.4 is 0 Å². The van der Waals surface area contributed by atoms with Crippen molar-refractivity contribution in [1.29, 1.82) is 0 Å². The molecule has 136 valence electrons. The van der Waals surface area contributed by atoms with Gasteiger partial charge in [-0.05, 0) is 45.4 Å². The lowest BCUT2D eigenvalue weighted by molar-refractivity contribution is -0.148. The van der Waals surface area contributed by atoms with Gasteiger partial charge < -0.3 is 4.74 Å². The monoisotopic (exact) mass is 324 g/mol. The first-order valence-corrected chi connectivity index (χ1v) is 10.0. The number of allylic oxidation sites excluding steroid dienone is 2. The molecular formula is C21H40O2. The Morgan fingerprint density at radius 3 is 2.00 bits per heavy atom. The van der Waals surface area contributed by atoms with Gasteiger partial charge in [0.25, 0.3) is 0 Å². The van der Waals surface area contributed by atoms with Gasteiger partial charge in [-0.1, -0.05) is 70.9 Å². The molecule has 0 bridgehead atoms. The fourth-order valence-electron chi connectivity index (χ4n) is 2.68. The molecule has 1 atom stereocenters. The van der Waals surface area contributed by atoms with Crippen molar-refractivity contribution in [2.75, 3.05) is 0 Å². The third-order valence-corrected chi connectivity index (χ3v) is 4.16. The lowest BCUT2D eigenvalue weighted by Gasteiger charge is -2.12. The van der Waals surface area contributed by atoms with Gasteiger partial charge in [0.15, 0.2) is 0 Å². The van der Waals surface area contributed by atoms with Crippen molar-refractivity contribution in [2.24, 2.45) is 0 Å². The van der Waals surface area contributed by atoms with Crippen molar-refractivity contribution in [3.8, 4) is 0 Å². The Kier molecular flexibility index (Phi) is 17.0. The molecule has 0 saturated carbocycles. The normalized spacial score (nSPS) is 12.7. The molecule has 0 heterocycles. The predicted molar refractivity (Wildman–Crippen MR) is 101 cm³/mol. The average molecular weight is 325 g/mol. The van der Waals surface area contributed by atoms with Crippen molar-refractivity contribution in [3.05, 3.63) is 12.2 Å². The van der Waals surface area contributed by atoms with Crippen LogP contribution >= 0.6 is 0 Å². The molecule has 0 N–H and O–H groups in total. The maximum absolute atomic E-state index is 11.4. The summed E-state index contributed by atoms with van der Waals surface area (Å²) in [6.07, 6.45) is 21.6. The van der Waals surface area contributed by atoms with Crippen molar-refractivity contribution >= 4 is 5.97 Å². The van der Waals surface area contributed by atoms with Crippen LogP contribution in [0.2, 0.25) is 0 Å². The molecule has 0 aliphatic rings. The Bertz CT molecular complexity index is 284. The number of unbranched alkanes of at least 4 members (excludes halogenated alkanes) is 9. The number of carbonyl (C=O) groups excluding carboxylic acids is 1. The average Bonchev–Trinajstić information content (AvgIpc) is 2.52. The molecule has 0 radical (unpaired) electrons. The zero-order valence-electron chi connectivity index (χ0n) is 15.9. The molecule has 0 aromatic rings. The highest BCUT2D eigenvalue weighted by molar-refractivity contribution is 5.69. The first-order valence-electron chi connectivity index (χ1n) is 10.0. The van der Waals surface area contributed by atoms with Gasteiger partial charge in [0.05, 0.1) is 6.10 Å². The summed E-state index contributed by atoms with van der Waals surface area (Å²) >= 11 is 0. The van der Waals surface area contributed by atoms with Gasteiger partial charge in [0.1, 0.15) is 0 Å². The first kappa shape index (κ1) is 22.2. The van der Waals surface area contributed by atoms with Crippen LogP contribution in [-0.2, 0) is 9.53 Å². The minimum atomic E-state index is -0.0382. The van der Waals surface area contributed by atoms with E-state index < -0.39 is 0 Å². The number of esters is 1. The van der Waals surface area contributed by atoms with Crippen LogP contribution in [0.3, 0.4) is 0 Å². The van der Waals surface area contributed by atoms with Gasteiger partial charge in [0.2, 0.25) is 0 Å². The van der Waals surface area contributed by atoms with E-state index in [-0.39, 0.29) is 12.1 Å². The van der Waals surface area contributed by atoms with Gasteiger partial charge in [-0.25, -0.2) is 0 Å². The summed E-state index contributed by atoms with van der Waals surface area (Å²) in [6, 6.07) is 0. The van der Waals surface area contributed by atoms with Crippen LogP contribution in [0.25, 0.3) is 0 Å². The van der Waals surface area contributed by atoms with E-state index in [1.54, 1.807) is 0 Å². The van der Waals surface area contributed by atoms with Crippen LogP contribution in [0, 0.1) is 0 Å². The number of hydrogen-bond acceptors (Lipinski definition) is 2. The number of carbonyl (C=O) groups is 1. The Morgan fingerprint density at radius 2 is 1.39 bits per heavy atom. The van der Waals surface area contributed by atoms with Gasteiger partial charge in [0, 0.05) is 6.42 Å². The Hall–Kier alpha value is -0.790. The van der Waals surface area contributed by atoms with Gasteiger partial charge in [-0.3, -0.25) is 4.79 Å². The summed E-state index contributed by atoms with van der Waals surface area (Å²) in [7, 11) is 0. The molecule has 0 aliphatic carbocycles. The summed E-state index contributed by atoms with van der Waals surface area (Å²) in [5.74, 6) is -0.0382. The molecule has 0 rings (SSSR count). The quantitative estimate of drug-likeness (QED) is 0.174. The van der Waals surface area contributed by atoms with E-state index in [1.165, 1.54) is 70.6 Å². The van der Waals surface area contributed by atoms with E-state index in [4.69, 9.17) is 4.74 Å². The number of ether oxygens (including phenoxy) is 1. The standard InChI is InChI=1S/C21H40O2/c1-4-6-7-8-9-10-11-12-13-14-15-16-17-19-20(3)23-21(22)18-5-2/h8-9,20H,4-7,10-19H2,1-3H3/b9-8-/t20-/m0/s1. The summed E-state index contributed by atoms with van der Waals surface area (Å²) in [5, 5.41) is 0. The maximum Gasteiger partial charge on any atom is 0.306 e. The van der Waals surface area contributed by atoms with Crippen molar-refractivity contribution < 1.29 is 9.53 Å². The molecule has 0 amide bonds.